The summed E-state index contributed by atoms with van der Waals surface area (Å²) in [5, 5.41) is 0.374. The van der Waals surface area contributed by atoms with Gasteiger partial charge in [-0.2, -0.15) is 4.98 Å². The number of anilines is 2. The topological polar surface area (TPSA) is 90.0 Å². The number of ether oxygens (including phenoxy) is 1. The molecule has 0 spiro atoms. The molecule has 3 aromatic rings. The van der Waals surface area contributed by atoms with Crippen LogP contribution in [0, 0.1) is 11.6 Å². The number of nitrogens with zero attached hydrogens (tertiary/aromatic N) is 5. The lowest BCUT2D eigenvalue weighted by Crippen LogP contribution is -2.33. The van der Waals surface area contributed by atoms with Crippen LogP contribution in [0.15, 0.2) is 47.9 Å². The molecule has 1 aliphatic heterocycles. The van der Waals surface area contributed by atoms with Crippen molar-refractivity contribution in [1.29, 1.82) is 0 Å². The molecular formula is C18H13ClF2N6O. The molecule has 142 valence electrons. The third kappa shape index (κ3) is 3.14. The fourth-order valence-corrected chi connectivity index (χ4v) is 3.02. The van der Waals surface area contributed by atoms with Crippen molar-refractivity contribution in [2.45, 2.75) is 6.23 Å². The summed E-state index contributed by atoms with van der Waals surface area (Å²) in [5.41, 5.74) is 5.73. The summed E-state index contributed by atoms with van der Waals surface area (Å²) < 4.78 is 35.2. The van der Waals surface area contributed by atoms with E-state index >= 15 is 4.39 Å². The lowest BCUT2D eigenvalue weighted by atomic mass is 10.1. The summed E-state index contributed by atoms with van der Waals surface area (Å²) >= 11 is 6.04. The Morgan fingerprint density at radius 3 is 2.79 bits per heavy atom. The summed E-state index contributed by atoms with van der Waals surface area (Å²) in [4.78, 5) is 17.5. The van der Waals surface area contributed by atoms with Crippen molar-refractivity contribution in [2.75, 3.05) is 17.7 Å². The monoisotopic (exact) mass is 402 g/mol. The molecular weight excluding hydrogens is 390 g/mol. The van der Waals surface area contributed by atoms with E-state index in [1.165, 1.54) is 36.7 Å². The van der Waals surface area contributed by atoms with E-state index in [2.05, 4.69) is 19.9 Å². The molecule has 2 aromatic heterocycles. The van der Waals surface area contributed by atoms with E-state index < -0.39 is 17.9 Å². The molecule has 3 heterocycles. The van der Waals surface area contributed by atoms with E-state index in [0.29, 0.717) is 5.03 Å². The average Bonchev–Trinajstić information content (AvgIpc) is 2.68. The predicted octanol–water partition coefficient (Wildman–Crippen LogP) is 3.38. The number of methoxy groups -OCH3 is 1. The van der Waals surface area contributed by atoms with Gasteiger partial charge in [-0.3, -0.25) is 0 Å². The predicted molar refractivity (Wildman–Crippen MR) is 101 cm³/mol. The molecule has 0 saturated carbocycles. The maximum Gasteiger partial charge on any atom is 0.222 e. The van der Waals surface area contributed by atoms with Crippen molar-refractivity contribution < 1.29 is 13.5 Å². The van der Waals surface area contributed by atoms with Crippen molar-refractivity contribution in [3.05, 3.63) is 59.5 Å². The van der Waals surface area contributed by atoms with Crippen molar-refractivity contribution in [2.24, 2.45) is 0 Å². The number of nitrogen functional groups attached to an aromatic ring is 1. The van der Waals surface area contributed by atoms with Crippen LogP contribution < -0.4 is 10.6 Å². The van der Waals surface area contributed by atoms with Gasteiger partial charge in [-0.15, -0.1) is 0 Å². The smallest absolute Gasteiger partial charge is 0.222 e. The molecule has 1 unspecified atom stereocenters. The number of fused-ring (bicyclic) bond motifs is 1. The Morgan fingerprint density at radius 1 is 1.18 bits per heavy atom. The highest BCUT2D eigenvalue weighted by Crippen LogP contribution is 2.34. The van der Waals surface area contributed by atoms with Crippen molar-refractivity contribution in [1.82, 2.24) is 19.9 Å². The highest BCUT2D eigenvalue weighted by Gasteiger charge is 2.25. The van der Waals surface area contributed by atoms with Crippen LogP contribution >= 0.6 is 11.6 Å². The fourth-order valence-electron chi connectivity index (χ4n) is 2.85. The summed E-state index contributed by atoms with van der Waals surface area (Å²) in [5.74, 6) is -1.59. The first-order valence-electron chi connectivity index (χ1n) is 8.08. The molecule has 7 nitrogen and oxygen atoms in total. The van der Waals surface area contributed by atoms with Crippen LogP contribution in [-0.2, 0) is 4.74 Å². The molecule has 1 aromatic carbocycles. The minimum absolute atomic E-state index is 0.00526. The van der Waals surface area contributed by atoms with E-state index in [1.807, 2.05) is 0 Å². The first kappa shape index (κ1) is 18.2. The molecule has 0 bridgehead atoms. The largest absolute Gasteiger partial charge is 0.368 e. The molecule has 0 radical (unpaired) electrons. The first-order valence-corrected chi connectivity index (χ1v) is 8.46. The van der Waals surface area contributed by atoms with E-state index in [9.17, 15) is 4.39 Å². The minimum Gasteiger partial charge on any atom is -0.368 e. The normalized spacial score (nSPS) is 16.5. The first-order chi connectivity index (χ1) is 13.5. The Bertz CT molecular complexity index is 1140. The van der Waals surface area contributed by atoms with Crippen LogP contribution in [0.2, 0.25) is 0 Å². The van der Waals surface area contributed by atoms with Crippen LogP contribution in [0.3, 0.4) is 0 Å². The lowest BCUT2D eigenvalue weighted by molar-refractivity contribution is 0.143. The zero-order valence-corrected chi connectivity index (χ0v) is 15.2. The molecule has 0 amide bonds. The van der Waals surface area contributed by atoms with Crippen LogP contribution in [0.25, 0.3) is 22.4 Å². The highest BCUT2D eigenvalue weighted by atomic mass is 35.5. The number of aromatic nitrogens is 4. The van der Waals surface area contributed by atoms with Gasteiger partial charge in [0, 0.05) is 13.3 Å². The number of benzene rings is 1. The number of rotatable bonds is 3. The van der Waals surface area contributed by atoms with E-state index in [4.69, 9.17) is 22.1 Å². The maximum atomic E-state index is 15.4. The van der Waals surface area contributed by atoms with Gasteiger partial charge in [0.1, 0.15) is 11.3 Å². The molecule has 2 N–H and O–H groups in total. The van der Waals surface area contributed by atoms with Crippen molar-refractivity contribution in [3.8, 4) is 11.3 Å². The number of allylic oxidation sites excluding steroid dienone is 2. The van der Waals surface area contributed by atoms with Gasteiger partial charge in [0.15, 0.2) is 17.7 Å². The number of nitrogens with two attached hydrogens (primary N) is 1. The Labute approximate surface area is 163 Å². The minimum atomic E-state index is -0.830. The Morgan fingerprint density at radius 2 is 2.00 bits per heavy atom. The van der Waals surface area contributed by atoms with Gasteiger partial charge in [0.2, 0.25) is 5.95 Å². The van der Waals surface area contributed by atoms with Gasteiger partial charge >= 0.3 is 0 Å². The quantitative estimate of drug-likeness (QED) is 0.718. The van der Waals surface area contributed by atoms with Gasteiger partial charge in [-0.25, -0.2) is 23.7 Å². The number of halogens is 3. The Balaban J connectivity index is 1.86. The third-order valence-electron chi connectivity index (χ3n) is 4.12. The molecule has 1 aliphatic rings. The summed E-state index contributed by atoms with van der Waals surface area (Å²) in [7, 11) is 1.47. The molecule has 0 fully saturated rings. The molecule has 0 saturated heterocycles. The molecule has 0 aliphatic carbocycles. The van der Waals surface area contributed by atoms with Gasteiger partial charge in [0.25, 0.3) is 0 Å². The van der Waals surface area contributed by atoms with Crippen LogP contribution in [0.1, 0.15) is 0 Å². The number of hydrogen-bond donors (Lipinski definition) is 1. The fraction of sp³-hybridized carbons (Fsp3) is 0.111. The SMILES string of the molecule is COC1C=CC(Cl)=CN1c1ccc(F)c(-c2cnc3nc(N)ncc3n2)c1F. The second-order valence-corrected chi connectivity index (χ2v) is 6.29. The second-order valence-electron chi connectivity index (χ2n) is 5.85. The van der Waals surface area contributed by atoms with Gasteiger partial charge in [0.05, 0.1) is 34.4 Å². The number of hydrogen-bond acceptors (Lipinski definition) is 7. The molecule has 1 atom stereocenters. The maximum absolute atomic E-state index is 15.4. The molecule has 10 heteroatoms. The Hall–Kier alpha value is -3.17. The van der Waals surface area contributed by atoms with Crippen LogP contribution in [0.5, 0.6) is 0 Å². The zero-order valence-electron chi connectivity index (χ0n) is 14.5. The third-order valence-corrected chi connectivity index (χ3v) is 4.35. The van der Waals surface area contributed by atoms with Crippen molar-refractivity contribution >= 4 is 34.4 Å². The van der Waals surface area contributed by atoms with Gasteiger partial charge in [-0.1, -0.05) is 11.6 Å². The van der Waals surface area contributed by atoms with Gasteiger partial charge in [-0.05, 0) is 24.3 Å². The van der Waals surface area contributed by atoms with Crippen molar-refractivity contribution in [3.63, 3.8) is 0 Å². The highest BCUT2D eigenvalue weighted by molar-refractivity contribution is 6.31. The summed E-state index contributed by atoms with van der Waals surface area (Å²) in [6.07, 6.45) is 6.75. The van der Waals surface area contributed by atoms with Crippen LogP contribution in [-0.4, -0.2) is 33.3 Å². The average molecular weight is 403 g/mol. The molecule has 28 heavy (non-hydrogen) atoms. The standard InChI is InChI=1S/C18H13ClF2N6O/c1-28-14-5-2-9(19)8-27(14)13-4-3-10(20)15(16(13)21)11-6-23-17-12(25-11)7-24-18(22)26-17/h2-8,14H,1H3,(H2,22,23,24,26). The summed E-state index contributed by atoms with van der Waals surface area (Å²) in [6, 6.07) is 2.45. The lowest BCUT2D eigenvalue weighted by Gasteiger charge is -2.30. The molecule has 4 rings (SSSR count). The van der Waals surface area contributed by atoms with Crippen LogP contribution in [0.4, 0.5) is 20.4 Å². The van der Waals surface area contributed by atoms with E-state index in [-0.39, 0.29) is 34.1 Å². The Kier molecular flexibility index (Phi) is 4.62. The van der Waals surface area contributed by atoms with E-state index in [1.54, 1.807) is 12.2 Å². The zero-order chi connectivity index (χ0) is 19.8. The van der Waals surface area contributed by atoms with E-state index in [0.717, 1.165) is 6.07 Å². The summed E-state index contributed by atoms with van der Waals surface area (Å²) in [6.45, 7) is 0. The second kappa shape index (κ2) is 7.10. The van der Waals surface area contributed by atoms with Gasteiger partial charge < -0.3 is 15.4 Å².